The van der Waals surface area contributed by atoms with Gasteiger partial charge in [-0.3, -0.25) is 4.79 Å². The summed E-state index contributed by atoms with van der Waals surface area (Å²) in [6.07, 6.45) is 3.30. The van der Waals surface area contributed by atoms with Crippen LogP contribution in [0.1, 0.15) is 5.56 Å². The summed E-state index contributed by atoms with van der Waals surface area (Å²) in [5.41, 5.74) is 1.01. The fourth-order valence-corrected chi connectivity index (χ4v) is 1.07. The predicted octanol–water partition coefficient (Wildman–Crippen LogP) is 1.46. The van der Waals surface area contributed by atoms with Crippen LogP contribution in [0, 0.1) is 0 Å². The molecule has 0 unspecified atom stereocenters. The number of nitrogens with one attached hydrogen (secondary N) is 1. The molecule has 1 aromatic carbocycles. The molecule has 3 nitrogen and oxygen atoms in total. The van der Waals surface area contributed by atoms with Crippen molar-refractivity contribution in [2.24, 2.45) is 0 Å². The van der Waals surface area contributed by atoms with Crippen molar-refractivity contribution in [1.82, 2.24) is 5.32 Å². The van der Waals surface area contributed by atoms with Crippen LogP contribution in [-0.2, 0) is 9.53 Å². The van der Waals surface area contributed by atoms with Crippen LogP contribution in [-0.4, -0.2) is 26.2 Å². The van der Waals surface area contributed by atoms with Gasteiger partial charge in [-0.1, -0.05) is 30.3 Å². The van der Waals surface area contributed by atoms with Gasteiger partial charge in [-0.2, -0.15) is 0 Å². The largest absolute Gasteiger partial charge is 0.383 e. The summed E-state index contributed by atoms with van der Waals surface area (Å²) in [7, 11) is 1.60. The van der Waals surface area contributed by atoms with E-state index in [1.807, 2.05) is 30.3 Å². The zero-order valence-electron chi connectivity index (χ0n) is 8.77. The van der Waals surface area contributed by atoms with Crippen molar-refractivity contribution in [1.29, 1.82) is 0 Å². The molecule has 1 N–H and O–H groups in total. The molecule has 0 aliphatic carbocycles. The summed E-state index contributed by atoms with van der Waals surface area (Å²) in [4.78, 5) is 11.2. The third-order valence-electron chi connectivity index (χ3n) is 1.83. The van der Waals surface area contributed by atoms with E-state index in [9.17, 15) is 4.79 Å². The number of amides is 1. The maximum absolute atomic E-state index is 11.2. The number of carbonyl (C=O) groups excluding carboxylic acids is 1. The highest BCUT2D eigenvalue weighted by molar-refractivity contribution is 5.91. The van der Waals surface area contributed by atoms with E-state index in [4.69, 9.17) is 4.74 Å². The maximum Gasteiger partial charge on any atom is 0.244 e. The summed E-state index contributed by atoms with van der Waals surface area (Å²) >= 11 is 0. The third-order valence-corrected chi connectivity index (χ3v) is 1.83. The van der Waals surface area contributed by atoms with Crippen molar-refractivity contribution in [3.05, 3.63) is 42.0 Å². The first-order valence-corrected chi connectivity index (χ1v) is 4.83. The van der Waals surface area contributed by atoms with Gasteiger partial charge in [0.05, 0.1) is 6.61 Å². The number of hydrogen-bond acceptors (Lipinski definition) is 2. The monoisotopic (exact) mass is 205 g/mol. The first-order valence-electron chi connectivity index (χ1n) is 4.83. The smallest absolute Gasteiger partial charge is 0.244 e. The first-order chi connectivity index (χ1) is 7.33. The number of benzene rings is 1. The Labute approximate surface area is 89.8 Å². The highest BCUT2D eigenvalue weighted by atomic mass is 16.5. The lowest BCUT2D eigenvalue weighted by Crippen LogP contribution is -2.24. The molecule has 0 saturated carbocycles. The molecular formula is C12H15NO2. The molecule has 0 bridgehead atoms. The van der Waals surface area contributed by atoms with Crippen molar-refractivity contribution in [2.75, 3.05) is 20.3 Å². The topological polar surface area (TPSA) is 38.3 Å². The van der Waals surface area contributed by atoms with Crippen molar-refractivity contribution in [3.63, 3.8) is 0 Å². The van der Waals surface area contributed by atoms with Crippen LogP contribution in [0.25, 0.3) is 6.08 Å². The lowest BCUT2D eigenvalue weighted by Gasteiger charge is -1.99. The van der Waals surface area contributed by atoms with Crippen LogP contribution in [0.4, 0.5) is 0 Å². The standard InChI is InChI=1S/C12H15NO2/c1-15-10-9-13-12(14)8-7-11-5-3-2-4-6-11/h2-8H,9-10H2,1H3,(H,13,14)/b8-7-. The van der Waals surface area contributed by atoms with Crippen LogP contribution in [0.15, 0.2) is 36.4 Å². The molecule has 3 heteroatoms. The highest BCUT2D eigenvalue weighted by Gasteiger charge is 1.93. The molecule has 0 saturated heterocycles. The minimum Gasteiger partial charge on any atom is -0.383 e. The Balaban J connectivity index is 2.34. The fraction of sp³-hybridized carbons (Fsp3) is 0.250. The van der Waals surface area contributed by atoms with Gasteiger partial charge in [0.1, 0.15) is 0 Å². The van der Waals surface area contributed by atoms with E-state index < -0.39 is 0 Å². The SMILES string of the molecule is COCCNC(=O)/C=C\c1ccccc1. The molecule has 0 radical (unpaired) electrons. The average Bonchev–Trinajstić information content (AvgIpc) is 2.28. The van der Waals surface area contributed by atoms with Gasteiger partial charge in [-0.05, 0) is 11.6 Å². The van der Waals surface area contributed by atoms with E-state index >= 15 is 0 Å². The molecule has 0 aliphatic heterocycles. The van der Waals surface area contributed by atoms with E-state index in [1.54, 1.807) is 13.2 Å². The number of hydrogen-bond donors (Lipinski definition) is 1. The lowest BCUT2D eigenvalue weighted by molar-refractivity contribution is -0.116. The molecule has 1 aromatic rings. The summed E-state index contributed by atoms with van der Waals surface area (Å²) in [5.74, 6) is -0.101. The second kappa shape index (κ2) is 6.79. The molecule has 15 heavy (non-hydrogen) atoms. The Morgan fingerprint density at radius 2 is 2.13 bits per heavy atom. The van der Waals surface area contributed by atoms with E-state index in [1.165, 1.54) is 6.08 Å². The Morgan fingerprint density at radius 3 is 2.80 bits per heavy atom. The van der Waals surface area contributed by atoms with Crippen LogP contribution in [0.2, 0.25) is 0 Å². The number of methoxy groups -OCH3 is 1. The average molecular weight is 205 g/mol. The van der Waals surface area contributed by atoms with E-state index in [0.29, 0.717) is 13.2 Å². The lowest BCUT2D eigenvalue weighted by atomic mass is 10.2. The second-order valence-corrected chi connectivity index (χ2v) is 3.03. The van der Waals surface area contributed by atoms with Gasteiger partial charge in [0.2, 0.25) is 5.91 Å². The predicted molar refractivity (Wildman–Crippen MR) is 60.4 cm³/mol. The number of rotatable bonds is 5. The van der Waals surface area contributed by atoms with E-state index in [0.717, 1.165) is 5.56 Å². The van der Waals surface area contributed by atoms with Crippen LogP contribution in [0.3, 0.4) is 0 Å². The fourth-order valence-electron chi connectivity index (χ4n) is 1.07. The first kappa shape index (κ1) is 11.5. The molecule has 1 amide bonds. The zero-order valence-corrected chi connectivity index (χ0v) is 8.77. The molecule has 0 aromatic heterocycles. The van der Waals surface area contributed by atoms with Gasteiger partial charge in [-0.25, -0.2) is 0 Å². The van der Waals surface area contributed by atoms with Crippen molar-refractivity contribution in [2.45, 2.75) is 0 Å². The third kappa shape index (κ3) is 4.98. The van der Waals surface area contributed by atoms with Crippen LogP contribution in [0.5, 0.6) is 0 Å². The van der Waals surface area contributed by atoms with Crippen LogP contribution >= 0.6 is 0 Å². The van der Waals surface area contributed by atoms with Crippen molar-refractivity contribution in [3.8, 4) is 0 Å². The molecule has 0 fully saturated rings. The molecule has 0 aliphatic rings. The van der Waals surface area contributed by atoms with Crippen molar-refractivity contribution < 1.29 is 9.53 Å². The van der Waals surface area contributed by atoms with Crippen molar-refractivity contribution >= 4 is 12.0 Å². The quantitative estimate of drug-likeness (QED) is 0.584. The maximum atomic E-state index is 11.2. The number of ether oxygens (including phenoxy) is 1. The van der Waals surface area contributed by atoms with Gasteiger partial charge < -0.3 is 10.1 Å². The summed E-state index contributed by atoms with van der Waals surface area (Å²) < 4.78 is 4.82. The van der Waals surface area contributed by atoms with Gasteiger partial charge in [0.25, 0.3) is 0 Å². The minimum atomic E-state index is -0.101. The number of carbonyl (C=O) groups is 1. The van der Waals surface area contributed by atoms with Gasteiger partial charge >= 0.3 is 0 Å². The Morgan fingerprint density at radius 1 is 1.40 bits per heavy atom. The molecular weight excluding hydrogens is 190 g/mol. The van der Waals surface area contributed by atoms with Gasteiger partial charge in [-0.15, -0.1) is 0 Å². The van der Waals surface area contributed by atoms with Gasteiger partial charge in [0, 0.05) is 19.7 Å². The Hall–Kier alpha value is -1.61. The second-order valence-electron chi connectivity index (χ2n) is 3.03. The molecule has 1 rings (SSSR count). The van der Waals surface area contributed by atoms with E-state index in [-0.39, 0.29) is 5.91 Å². The molecule has 0 heterocycles. The Kier molecular flexibility index (Phi) is 5.19. The Bertz CT molecular complexity index is 320. The minimum absolute atomic E-state index is 0.101. The van der Waals surface area contributed by atoms with Crippen LogP contribution < -0.4 is 5.32 Å². The summed E-state index contributed by atoms with van der Waals surface area (Å²) in [5, 5.41) is 2.70. The van der Waals surface area contributed by atoms with E-state index in [2.05, 4.69) is 5.32 Å². The normalized spacial score (nSPS) is 10.5. The van der Waals surface area contributed by atoms with Gasteiger partial charge in [0.15, 0.2) is 0 Å². The highest BCUT2D eigenvalue weighted by Crippen LogP contribution is 2.00. The summed E-state index contributed by atoms with van der Waals surface area (Å²) in [6, 6.07) is 9.69. The molecule has 0 atom stereocenters. The summed E-state index contributed by atoms with van der Waals surface area (Å²) in [6.45, 7) is 1.07. The molecule has 80 valence electrons. The zero-order chi connectivity index (χ0) is 10.9. The molecule has 0 spiro atoms.